The Bertz CT molecular complexity index is 1110. The Balaban J connectivity index is 0.00000379. The normalized spacial score (nSPS) is 16.3. The lowest BCUT2D eigenvalue weighted by Gasteiger charge is -2.26. The second-order valence-corrected chi connectivity index (χ2v) is 12.4. The Morgan fingerprint density at radius 1 is 0.620 bits per heavy atom. The van der Waals surface area contributed by atoms with Gasteiger partial charge in [0.2, 0.25) is 0 Å². The summed E-state index contributed by atoms with van der Waals surface area (Å²) in [6, 6.07) is 7.95. The van der Waals surface area contributed by atoms with Crippen LogP contribution in [0.1, 0.15) is 164 Å². The van der Waals surface area contributed by atoms with Crippen LogP contribution in [-0.2, 0) is 0 Å². The molecule has 1 saturated carbocycles. The average molecular weight is 702 g/mol. The third-order valence-corrected chi connectivity index (χ3v) is 9.01. The molecule has 0 spiro atoms. The standard InChI is InChI=1S/C36H54N2O6.3C2H6/c1-25-19-29(27(9-5-15-39)10-6-16-40)21-31(35(25)43)23-37-33-13-3-4-14-34(33)38-24-32-22-30(20-26(2)36(32)44)28(11-7-17-41)12-8-18-42;3*1-2/h19-24,27-28,33-34,39-44H,3-18H2,1-2H3;3*1-2H3/p+1. The quantitative estimate of drug-likeness (QED) is 0.0779. The molecule has 3 unspecified atom stereocenters. The molecule has 8 nitrogen and oxygen atoms in total. The van der Waals surface area contributed by atoms with E-state index in [0.29, 0.717) is 37.0 Å². The van der Waals surface area contributed by atoms with Gasteiger partial charge in [0.25, 0.3) is 0 Å². The zero-order chi connectivity index (χ0) is 37.9. The summed E-state index contributed by atoms with van der Waals surface area (Å²) in [5, 5.41) is 57.5. The molecule has 0 aliphatic heterocycles. The summed E-state index contributed by atoms with van der Waals surface area (Å²) >= 11 is 0. The van der Waals surface area contributed by atoms with Gasteiger partial charge in [-0.2, -0.15) is 0 Å². The summed E-state index contributed by atoms with van der Waals surface area (Å²) in [5.74, 6) is 0.860. The van der Waals surface area contributed by atoms with E-state index in [-0.39, 0.29) is 55.2 Å². The number of hydrogen-bond donors (Lipinski definition) is 5. The van der Waals surface area contributed by atoms with Crippen molar-refractivity contribution < 1.29 is 30.6 Å². The van der Waals surface area contributed by atoms with Crippen LogP contribution in [0.3, 0.4) is 0 Å². The van der Waals surface area contributed by atoms with Gasteiger partial charge in [0, 0.05) is 49.8 Å². The van der Waals surface area contributed by atoms with Crippen LogP contribution in [0.4, 0.5) is 0 Å². The van der Waals surface area contributed by atoms with Gasteiger partial charge in [-0.05, 0) is 118 Å². The number of nitrogens with zero attached hydrogens (tertiary/aromatic N) is 2. The maximum atomic E-state index is 10.9. The van der Waals surface area contributed by atoms with Crippen LogP contribution in [0.25, 0.3) is 0 Å². The van der Waals surface area contributed by atoms with E-state index in [9.17, 15) is 25.5 Å². The zero-order valence-electron chi connectivity index (χ0n) is 32.7. The van der Waals surface area contributed by atoms with Crippen LogP contribution < -0.4 is 0 Å². The molecule has 50 heavy (non-hydrogen) atoms. The highest BCUT2D eigenvalue weighted by Gasteiger charge is 2.24. The first-order valence-corrected chi connectivity index (χ1v) is 19.5. The highest BCUT2D eigenvalue weighted by atomic mass is 16.3. The molecule has 0 amide bonds. The molecule has 0 saturated heterocycles. The van der Waals surface area contributed by atoms with Crippen molar-refractivity contribution in [2.24, 2.45) is 9.98 Å². The first kappa shape index (κ1) is 47.2. The number of aryl methyl sites for hydroxylation is 2. The second kappa shape index (κ2) is 28.9. The number of aromatic hydroxyl groups is 2. The maximum Gasteiger partial charge on any atom is 0.143 e. The summed E-state index contributed by atoms with van der Waals surface area (Å²) in [7, 11) is 0. The number of phenolic OH excluding ortho intramolecular Hbond substituents is 2. The average Bonchev–Trinajstić information content (AvgIpc) is 3.15. The van der Waals surface area contributed by atoms with E-state index in [0.717, 1.165) is 80.0 Å². The number of hydrogen-bond acceptors (Lipinski definition) is 7. The van der Waals surface area contributed by atoms with Gasteiger partial charge in [-0.25, -0.2) is 0 Å². The molecule has 3 rings (SSSR count). The van der Waals surface area contributed by atoms with Gasteiger partial charge in [0.1, 0.15) is 18.1 Å². The molecule has 1 aliphatic rings. The van der Waals surface area contributed by atoms with Crippen LogP contribution in [-0.4, -0.2) is 81.6 Å². The number of aliphatic imine (C=N–C) groups is 2. The molecular weight excluding hydrogens is 628 g/mol. The summed E-state index contributed by atoms with van der Waals surface area (Å²) < 4.78 is 0. The van der Waals surface area contributed by atoms with Crippen molar-refractivity contribution in [1.82, 2.24) is 0 Å². The van der Waals surface area contributed by atoms with E-state index >= 15 is 0 Å². The van der Waals surface area contributed by atoms with Gasteiger partial charge >= 0.3 is 0 Å². The Labute approximate surface area is 304 Å². The van der Waals surface area contributed by atoms with Gasteiger partial charge < -0.3 is 30.6 Å². The van der Waals surface area contributed by atoms with E-state index in [1.165, 1.54) is 0 Å². The predicted octanol–water partition coefficient (Wildman–Crippen LogP) is 8.63. The fraction of sp³-hybridized carbons (Fsp3) is 0.667. The summed E-state index contributed by atoms with van der Waals surface area (Å²) in [4.78, 5) is 9.89. The molecular formula is C42H73N2O6+. The third-order valence-electron chi connectivity index (χ3n) is 9.01. The number of aliphatic hydroxyl groups is 3. The van der Waals surface area contributed by atoms with Crippen molar-refractivity contribution in [3.63, 3.8) is 0 Å². The molecule has 1 fully saturated rings. The molecule has 0 radical (unpaired) electrons. The first-order valence-electron chi connectivity index (χ1n) is 19.5. The van der Waals surface area contributed by atoms with Crippen LogP contribution in [0.5, 0.6) is 11.5 Å². The monoisotopic (exact) mass is 702 g/mol. The summed E-state index contributed by atoms with van der Waals surface area (Å²) in [6.07, 6.45) is 13.7. The fourth-order valence-corrected chi connectivity index (χ4v) is 6.45. The van der Waals surface area contributed by atoms with Crippen molar-refractivity contribution in [2.45, 2.75) is 156 Å². The zero-order valence-corrected chi connectivity index (χ0v) is 32.7. The van der Waals surface area contributed by atoms with Crippen molar-refractivity contribution in [3.8, 4) is 11.5 Å². The third kappa shape index (κ3) is 16.1. The van der Waals surface area contributed by atoms with Gasteiger partial charge in [-0.3, -0.25) is 9.98 Å². The van der Waals surface area contributed by atoms with Crippen LogP contribution in [0, 0.1) is 13.8 Å². The summed E-state index contributed by atoms with van der Waals surface area (Å²) in [6.45, 7) is 16.6. The van der Waals surface area contributed by atoms with Crippen molar-refractivity contribution >= 4 is 12.4 Å². The van der Waals surface area contributed by atoms with E-state index < -0.39 is 0 Å². The predicted molar refractivity (Wildman–Crippen MR) is 213 cm³/mol. The lowest BCUT2D eigenvalue weighted by atomic mass is 9.87. The second-order valence-electron chi connectivity index (χ2n) is 12.4. The highest BCUT2D eigenvalue weighted by Crippen LogP contribution is 2.34. The number of rotatable bonds is 18. The molecule has 2 aromatic carbocycles. The Kier molecular flexibility index (Phi) is 27.3. The largest absolute Gasteiger partial charge is 0.507 e. The summed E-state index contributed by atoms with van der Waals surface area (Å²) in [5.41, 5.74) is 5.14. The number of benzene rings is 2. The van der Waals surface area contributed by atoms with E-state index in [4.69, 9.17) is 15.1 Å². The molecule has 286 valence electrons. The van der Waals surface area contributed by atoms with Crippen molar-refractivity contribution in [2.75, 3.05) is 26.4 Å². The minimum Gasteiger partial charge on any atom is -0.507 e. The van der Waals surface area contributed by atoms with E-state index in [2.05, 4.69) is 0 Å². The SMILES string of the molecule is CC.CC.CC.Cc1cc(C(CCCO)CCCO)cc(C=NC2CCCCC2N=Cc2cc(C(CCCO)CCC[OH2+])cc(C)c2O)c1O. The molecule has 1 aliphatic carbocycles. The molecule has 0 bridgehead atoms. The number of aliphatic hydroxyl groups excluding tert-OH is 3. The van der Waals surface area contributed by atoms with Crippen molar-refractivity contribution in [3.05, 3.63) is 57.6 Å². The van der Waals surface area contributed by atoms with Gasteiger partial charge in [-0.15, -0.1) is 0 Å². The fourth-order valence-electron chi connectivity index (χ4n) is 6.45. The van der Waals surface area contributed by atoms with Gasteiger partial charge in [-0.1, -0.05) is 66.5 Å². The van der Waals surface area contributed by atoms with Gasteiger partial charge in [0.05, 0.1) is 12.1 Å². The maximum absolute atomic E-state index is 10.9. The van der Waals surface area contributed by atoms with Crippen LogP contribution in [0.2, 0.25) is 0 Å². The lowest BCUT2D eigenvalue weighted by Crippen LogP contribution is -2.27. The molecule has 3 atom stereocenters. The lowest BCUT2D eigenvalue weighted by molar-refractivity contribution is 0.264. The van der Waals surface area contributed by atoms with Crippen LogP contribution in [0.15, 0.2) is 34.3 Å². The highest BCUT2D eigenvalue weighted by molar-refractivity contribution is 5.85. The molecule has 2 aromatic rings. The molecule has 8 heteroatoms. The smallest absolute Gasteiger partial charge is 0.143 e. The minimum atomic E-state index is -0.0382. The Morgan fingerprint density at radius 3 is 1.28 bits per heavy atom. The molecule has 0 aromatic heterocycles. The van der Waals surface area contributed by atoms with Crippen LogP contribution >= 0.6 is 0 Å². The molecule has 0 heterocycles. The van der Waals surface area contributed by atoms with Gasteiger partial charge in [0.15, 0.2) is 0 Å². The minimum absolute atomic E-state index is 0.0369. The number of phenols is 2. The topological polar surface area (TPSA) is 149 Å². The molecule has 7 N–H and O–H groups in total. The van der Waals surface area contributed by atoms with E-state index in [1.54, 1.807) is 12.4 Å². The van der Waals surface area contributed by atoms with E-state index in [1.807, 2.05) is 79.7 Å². The van der Waals surface area contributed by atoms with Crippen molar-refractivity contribution in [1.29, 1.82) is 0 Å². The first-order chi connectivity index (χ1) is 24.3. The Hall–Kier alpha value is -2.78. The Morgan fingerprint density at radius 2 is 0.960 bits per heavy atom.